The summed E-state index contributed by atoms with van der Waals surface area (Å²) in [6.07, 6.45) is 7.69. The number of hydrogen-bond donors (Lipinski definition) is 1. The minimum atomic E-state index is 0.0807. The molecule has 33 heavy (non-hydrogen) atoms. The maximum atomic E-state index is 12.9. The number of fused-ring (bicyclic) bond motifs is 1. The average Bonchev–Trinajstić information content (AvgIpc) is 2.86. The van der Waals surface area contributed by atoms with Crippen LogP contribution in [-0.2, 0) is 4.79 Å². The molecule has 0 atom stereocenters. The molecule has 5 rings (SSSR count). The minimum absolute atomic E-state index is 0.0807. The van der Waals surface area contributed by atoms with Crippen molar-refractivity contribution in [2.24, 2.45) is 11.8 Å². The van der Waals surface area contributed by atoms with E-state index in [1.165, 1.54) is 19.6 Å². The zero-order valence-electron chi connectivity index (χ0n) is 19.3. The highest BCUT2D eigenvalue weighted by Gasteiger charge is 2.28. The summed E-state index contributed by atoms with van der Waals surface area (Å²) in [6, 6.07) is 11.9. The molecule has 0 bridgehead atoms. The van der Waals surface area contributed by atoms with Crippen LogP contribution in [0.25, 0.3) is 22.0 Å². The number of nitrogens with one attached hydrogen (secondary N) is 1. The summed E-state index contributed by atoms with van der Waals surface area (Å²) >= 11 is 0. The van der Waals surface area contributed by atoms with E-state index in [1.54, 1.807) is 6.20 Å². The van der Waals surface area contributed by atoms with Crippen LogP contribution in [0.1, 0.15) is 25.7 Å². The number of nitrogens with zero attached hydrogens (tertiary/aromatic N) is 5. The molecule has 1 aliphatic heterocycles. The second-order valence-corrected chi connectivity index (χ2v) is 9.55. The highest BCUT2D eigenvalue weighted by atomic mass is 16.1. The third-order valence-electron chi connectivity index (χ3n) is 7.17. The lowest BCUT2D eigenvalue weighted by atomic mass is 9.81. The number of pyridine rings is 1. The van der Waals surface area contributed by atoms with E-state index in [2.05, 4.69) is 43.4 Å². The van der Waals surface area contributed by atoms with Crippen molar-refractivity contribution in [1.82, 2.24) is 25.0 Å². The zero-order valence-corrected chi connectivity index (χ0v) is 19.3. The Bertz CT molecular complexity index is 1090. The van der Waals surface area contributed by atoms with Gasteiger partial charge in [-0.25, -0.2) is 4.98 Å². The monoisotopic (exact) mass is 444 g/mol. The first-order chi connectivity index (χ1) is 16.1. The van der Waals surface area contributed by atoms with Crippen LogP contribution in [0.3, 0.4) is 0 Å². The first kappa shape index (κ1) is 21.9. The molecular formula is C26H32N6O. The van der Waals surface area contributed by atoms with Gasteiger partial charge in [-0.15, -0.1) is 0 Å². The smallest absolute Gasteiger partial charge is 0.228 e. The largest absolute Gasteiger partial charge is 0.310 e. The fourth-order valence-corrected chi connectivity index (χ4v) is 5.06. The van der Waals surface area contributed by atoms with Crippen molar-refractivity contribution in [3.05, 3.63) is 48.8 Å². The Morgan fingerprint density at radius 3 is 2.61 bits per heavy atom. The number of rotatable bonds is 5. The van der Waals surface area contributed by atoms with Gasteiger partial charge in [-0.05, 0) is 68.3 Å². The van der Waals surface area contributed by atoms with Crippen LogP contribution in [-0.4, -0.2) is 70.7 Å². The minimum Gasteiger partial charge on any atom is -0.310 e. The number of carbonyl (C=O) groups excluding carboxylic acids is 1. The van der Waals surface area contributed by atoms with Gasteiger partial charge in [0.25, 0.3) is 0 Å². The van der Waals surface area contributed by atoms with Crippen molar-refractivity contribution in [1.29, 1.82) is 0 Å². The fraction of sp³-hybridized carbons (Fsp3) is 0.462. The van der Waals surface area contributed by atoms with Gasteiger partial charge in [0.1, 0.15) is 5.82 Å². The van der Waals surface area contributed by atoms with E-state index < -0.39 is 0 Å². The molecular weight excluding hydrogens is 412 g/mol. The summed E-state index contributed by atoms with van der Waals surface area (Å²) < 4.78 is 0. The molecule has 1 saturated carbocycles. The van der Waals surface area contributed by atoms with Gasteiger partial charge in [0, 0.05) is 62.0 Å². The highest BCUT2D eigenvalue weighted by molar-refractivity contribution is 5.95. The number of likely N-dealkylation sites (N-methyl/N-ethyl adjacent to an activating group) is 1. The predicted molar refractivity (Wildman–Crippen MR) is 131 cm³/mol. The van der Waals surface area contributed by atoms with E-state index in [1.807, 2.05) is 36.5 Å². The number of carbonyl (C=O) groups is 1. The molecule has 7 heteroatoms. The molecule has 1 aliphatic carbocycles. The first-order valence-corrected chi connectivity index (χ1v) is 12.0. The van der Waals surface area contributed by atoms with Crippen molar-refractivity contribution < 1.29 is 4.79 Å². The van der Waals surface area contributed by atoms with Crippen LogP contribution < -0.4 is 5.32 Å². The zero-order chi connectivity index (χ0) is 22.6. The van der Waals surface area contributed by atoms with Crippen molar-refractivity contribution in [3.63, 3.8) is 0 Å². The maximum absolute atomic E-state index is 12.9. The van der Waals surface area contributed by atoms with E-state index in [0.29, 0.717) is 5.82 Å². The van der Waals surface area contributed by atoms with E-state index in [-0.39, 0.29) is 11.8 Å². The van der Waals surface area contributed by atoms with Gasteiger partial charge in [-0.1, -0.05) is 12.1 Å². The molecule has 1 amide bonds. The molecule has 2 aliphatic rings. The number of benzene rings is 1. The molecule has 2 fully saturated rings. The Morgan fingerprint density at radius 2 is 1.85 bits per heavy atom. The SMILES string of the molecule is CN1CCN(C[C@H]2CC[C@H](C(=O)Nc3cc4cc(-c5cccnn5)ccc4cn3)CC2)CC1. The Hall–Kier alpha value is -2.90. The van der Waals surface area contributed by atoms with Crippen molar-refractivity contribution >= 4 is 22.5 Å². The second kappa shape index (κ2) is 9.93. The Kier molecular flexibility index (Phi) is 6.60. The number of piperazine rings is 1. The standard InChI is InChI=1S/C26H32N6O/c1-31-11-13-32(14-12-31)18-19-4-6-20(7-5-19)26(33)29-25-16-23-15-21(8-9-22(23)17-27-25)24-3-2-10-28-30-24/h2-3,8-10,15-17,19-20H,4-7,11-14,18H2,1H3,(H,27,29,33)/t19-,20-. The quantitative estimate of drug-likeness (QED) is 0.647. The summed E-state index contributed by atoms with van der Waals surface area (Å²) in [5.74, 6) is 1.52. The molecule has 0 spiro atoms. The molecule has 3 heterocycles. The van der Waals surface area contributed by atoms with E-state index in [9.17, 15) is 4.79 Å². The van der Waals surface area contributed by atoms with E-state index in [0.717, 1.165) is 66.7 Å². The lowest BCUT2D eigenvalue weighted by Gasteiger charge is -2.36. The number of hydrogen-bond acceptors (Lipinski definition) is 6. The number of aromatic nitrogens is 3. The van der Waals surface area contributed by atoms with Crippen molar-refractivity contribution in [2.45, 2.75) is 25.7 Å². The lowest BCUT2D eigenvalue weighted by molar-refractivity contribution is -0.121. The predicted octanol–water partition coefficient (Wildman–Crippen LogP) is 3.68. The highest BCUT2D eigenvalue weighted by Crippen LogP contribution is 2.31. The molecule has 1 N–H and O–H groups in total. The van der Waals surface area contributed by atoms with Crippen molar-refractivity contribution in [3.8, 4) is 11.3 Å². The van der Waals surface area contributed by atoms with Crippen LogP contribution in [0.5, 0.6) is 0 Å². The Balaban J connectivity index is 1.18. The number of amides is 1. The molecule has 0 radical (unpaired) electrons. The molecule has 7 nitrogen and oxygen atoms in total. The third kappa shape index (κ3) is 5.37. The van der Waals surface area contributed by atoms with Crippen LogP contribution >= 0.6 is 0 Å². The average molecular weight is 445 g/mol. The molecule has 3 aromatic rings. The molecule has 1 aromatic carbocycles. The number of anilines is 1. The molecule has 0 unspecified atom stereocenters. The van der Waals surface area contributed by atoms with Gasteiger partial charge in [-0.3, -0.25) is 4.79 Å². The van der Waals surface area contributed by atoms with Gasteiger partial charge in [0.15, 0.2) is 0 Å². The lowest BCUT2D eigenvalue weighted by Crippen LogP contribution is -2.46. The summed E-state index contributed by atoms with van der Waals surface area (Å²) in [4.78, 5) is 22.4. The van der Waals surface area contributed by atoms with Gasteiger partial charge in [-0.2, -0.15) is 10.2 Å². The van der Waals surface area contributed by atoms with Crippen LogP contribution in [0, 0.1) is 11.8 Å². The summed E-state index contributed by atoms with van der Waals surface area (Å²) in [6.45, 7) is 5.85. The Labute approximate surface area is 195 Å². The molecule has 172 valence electrons. The molecule has 2 aromatic heterocycles. The van der Waals surface area contributed by atoms with E-state index in [4.69, 9.17) is 0 Å². The first-order valence-electron chi connectivity index (χ1n) is 12.0. The van der Waals surface area contributed by atoms with Gasteiger partial charge in [0.05, 0.1) is 5.69 Å². The topological polar surface area (TPSA) is 74.2 Å². The summed E-state index contributed by atoms with van der Waals surface area (Å²) in [5.41, 5.74) is 1.83. The normalized spacial score (nSPS) is 22.3. The fourth-order valence-electron chi connectivity index (χ4n) is 5.06. The van der Waals surface area contributed by atoms with Crippen LogP contribution in [0.15, 0.2) is 48.8 Å². The molecule has 1 saturated heterocycles. The van der Waals surface area contributed by atoms with Gasteiger partial charge < -0.3 is 15.1 Å². The van der Waals surface area contributed by atoms with Gasteiger partial charge in [0.2, 0.25) is 5.91 Å². The summed E-state index contributed by atoms with van der Waals surface area (Å²) in [5, 5.41) is 13.3. The Morgan fingerprint density at radius 1 is 1.03 bits per heavy atom. The van der Waals surface area contributed by atoms with E-state index >= 15 is 0 Å². The summed E-state index contributed by atoms with van der Waals surface area (Å²) in [7, 11) is 2.20. The second-order valence-electron chi connectivity index (χ2n) is 9.55. The third-order valence-corrected chi connectivity index (χ3v) is 7.17. The van der Waals surface area contributed by atoms with Gasteiger partial charge >= 0.3 is 0 Å². The van der Waals surface area contributed by atoms with Crippen LogP contribution in [0.2, 0.25) is 0 Å². The van der Waals surface area contributed by atoms with Crippen LogP contribution in [0.4, 0.5) is 5.82 Å². The van der Waals surface area contributed by atoms with Crippen molar-refractivity contribution in [2.75, 3.05) is 45.1 Å². The maximum Gasteiger partial charge on any atom is 0.228 e.